The highest BCUT2D eigenvalue weighted by atomic mass is 16.3. The topological polar surface area (TPSA) is 57.5 Å². The lowest BCUT2D eigenvalue weighted by atomic mass is 10.1. The van der Waals surface area contributed by atoms with Gasteiger partial charge in [0.25, 0.3) is 0 Å². The van der Waals surface area contributed by atoms with Crippen molar-refractivity contribution in [2.75, 3.05) is 0 Å². The Morgan fingerprint density at radius 2 is 1.05 bits per heavy atom. The number of aliphatic hydroxyl groups excluding tert-OH is 2. The van der Waals surface area contributed by atoms with Gasteiger partial charge in [-0.2, -0.15) is 0 Å². The zero-order valence-electron chi connectivity index (χ0n) is 15.8. The summed E-state index contributed by atoms with van der Waals surface area (Å²) >= 11 is 0. The normalized spacial score (nSPS) is 13.2. The zero-order chi connectivity index (χ0) is 17.6. The molecule has 0 aliphatic carbocycles. The Balaban J connectivity index is -0.000000231. The van der Waals surface area contributed by atoms with Crippen LogP contribution in [0.3, 0.4) is 0 Å². The molecule has 0 aliphatic heterocycles. The van der Waals surface area contributed by atoms with Crippen LogP contribution in [0.5, 0.6) is 0 Å². The van der Waals surface area contributed by atoms with Crippen LogP contribution in [0.15, 0.2) is 0 Å². The average molecular weight is 305 g/mol. The van der Waals surface area contributed by atoms with E-state index in [9.17, 15) is 4.79 Å². The largest absolute Gasteiger partial charge is 0.393 e. The van der Waals surface area contributed by atoms with Crippen molar-refractivity contribution in [3.63, 3.8) is 0 Å². The summed E-state index contributed by atoms with van der Waals surface area (Å²) in [6, 6.07) is 0. The molecule has 0 spiro atoms. The number of carbonyl (C=O) groups is 1. The molecule has 0 heterocycles. The third-order valence-electron chi connectivity index (χ3n) is 3.37. The Kier molecular flexibility index (Phi) is 19.4. The number of hydrogen-bond acceptors (Lipinski definition) is 3. The van der Waals surface area contributed by atoms with E-state index in [1.807, 2.05) is 62.3 Å². The minimum atomic E-state index is -0.0972. The maximum atomic E-state index is 10.5. The fraction of sp³-hybridized carbons (Fsp3) is 0.944. The Labute approximate surface area is 133 Å². The molecule has 0 aromatic heterocycles. The van der Waals surface area contributed by atoms with E-state index < -0.39 is 0 Å². The second-order valence-electron chi connectivity index (χ2n) is 6.41. The van der Waals surface area contributed by atoms with Gasteiger partial charge in [-0.1, -0.05) is 62.3 Å². The second-order valence-corrected chi connectivity index (χ2v) is 6.41. The first-order valence-corrected chi connectivity index (χ1v) is 8.43. The standard InChI is InChI=1S/2C6H14O.C6H12O/c3*1-4-6(7)5(2)3/h2*5-7H,4H2,1-3H3;5H,4H2,1-3H3. The third kappa shape index (κ3) is 19.6. The van der Waals surface area contributed by atoms with Gasteiger partial charge in [-0.15, -0.1) is 0 Å². The van der Waals surface area contributed by atoms with Crippen molar-refractivity contribution in [2.24, 2.45) is 17.8 Å². The Morgan fingerprint density at radius 3 is 1.05 bits per heavy atom. The van der Waals surface area contributed by atoms with Crippen molar-refractivity contribution >= 4 is 5.78 Å². The highest BCUT2D eigenvalue weighted by molar-refractivity contribution is 5.79. The van der Waals surface area contributed by atoms with Crippen molar-refractivity contribution in [3.8, 4) is 0 Å². The molecule has 3 heteroatoms. The number of rotatable bonds is 6. The van der Waals surface area contributed by atoms with Crippen LogP contribution < -0.4 is 0 Å². The summed E-state index contributed by atoms with van der Waals surface area (Å²) in [6.45, 7) is 17.8. The summed E-state index contributed by atoms with van der Waals surface area (Å²) in [5.41, 5.74) is 0. The Morgan fingerprint density at radius 1 is 0.762 bits per heavy atom. The number of aliphatic hydroxyl groups is 2. The minimum Gasteiger partial charge on any atom is -0.393 e. The van der Waals surface area contributed by atoms with E-state index in [0.29, 0.717) is 24.0 Å². The molecule has 2 N–H and O–H groups in total. The van der Waals surface area contributed by atoms with E-state index in [4.69, 9.17) is 10.2 Å². The molecular formula is C18H40O3. The molecule has 0 bridgehead atoms. The lowest BCUT2D eigenvalue weighted by Crippen LogP contribution is -2.11. The van der Waals surface area contributed by atoms with Gasteiger partial charge in [0.2, 0.25) is 0 Å². The second kappa shape index (κ2) is 16.0. The molecule has 0 saturated heterocycles. The molecular weight excluding hydrogens is 264 g/mol. The van der Waals surface area contributed by atoms with E-state index in [0.717, 1.165) is 12.8 Å². The van der Waals surface area contributed by atoms with E-state index >= 15 is 0 Å². The number of carbonyl (C=O) groups excluding carboxylic acids is 1. The maximum absolute atomic E-state index is 10.5. The van der Waals surface area contributed by atoms with Crippen LogP contribution in [0.2, 0.25) is 0 Å². The van der Waals surface area contributed by atoms with Crippen molar-refractivity contribution in [1.29, 1.82) is 0 Å². The van der Waals surface area contributed by atoms with Gasteiger partial charge in [-0.3, -0.25) is 4.79 Å². The highest BCUT2D eigenvalue weighted by Gasteiger charge is 2.04. The maximum Gasteiger partial charge on any atom is 0.135 e. The summed E-state index contributed by atoms with van der Waals surface area (Å²) in [5.74, 6) is 1.42. The van der Waals surface area contributed by atoms with Crippen LogP contribution in [0, 0.1) is 17.8 Å². The van der Waals surface area contributed by atoms with Gasteiger partial charge in [0.05, 0.1) is 12.2 Å². The van der Waals surface area contributed by atoms with E-state index in [-0.39, 0.29) is 18.1 Å². The van der Waals surface area contributed by atoms with Crippen LogP contribution in [-0.2, 0) is 4.79 Å². The highest BCUT2D eigenvalue weighted by Crippen LogP contribution is 2.03. The summed E-state index contributed by atoms with van der Waals surface area (Å²) < 4.78 is 0. The van der Waals surface area contributed by atoms with Crippen LogP contribution in [0.25, 0.3) is 0 Å². The van der Waals surface area contributed by atoms with Crippen molar-refractivity contribution in [3.05, 3.63) is 0 Å². The van der Waals surface area contributed by atoms with Crippen molar-refractivity contribution in [2.45, 2.75) is 93.8 Å². The van der Waals surface area contributed by atoms with Gasteiger partial charge in [0, 0.05) is 12.3 Å². The molecule has 2 unspecified atom stereocenters. The van der Waals surface area contributed by atoms with Gasteiger partial charge >= 0.3 is 0 Å². The van der Waals surface area contributed by atoms with Gasteiger partial charge in [0.15, 0.2) is 0 Å². The van der Waals surface area contributed by atoms with Crippen LogP contribution in [0.4, 0.5) is 0 Å². The quantitative estimate of drug-likeness (QED) is 0.762. The SMILES string of the molecule is CCC(=O)C(C)C.CCC(O)C(C)C.CCC(O)C(C)C. The van der Waals surface area contributed by atoms with Crippen molar-refractivity contribution < 1.29 is 15.0 Å². The minimum absolute atomic E-state index is 0.0972. The van der Waals surface area contributed by atoms with Crippen molar-refractivity contribution in [1.82, 2.24) is 0 Å². The predicted octanol–water partition coefficient (Wildman–Crippen LogP) is 4.45. The van der Waals surface area contributed by atoms with Gasteiger partial charge in [0.1, 0.15) is 5.78 Å². The molecule has 0 aromatic carbocycles. The predicted molar refractivity (Wildman–Crippen MR) is 92.4 cm³/mol. The lowest BCUT2D eigenvalue weighted by molar-refractivity contribution is -0.121. The molecule has 3 nitrogen and oxygen atoms in total. The first-order valence-electron chi connectivity index (χ1n) is 8.43. The zero-order valence-corrected chi connectivity index (χ0v) is 15.8. The van der Waals surface area contributed by atoms with Crippen LogP contribution in [0.1, 0.15) is 81.6 Å². The van der Waals surface area contributed by atoms with E-state index in [2.05, 4.69) is 0 Å². The summed E-state index contributed by atoms with van der Waals surface area (Å²) in [7, 11) is 0. The fourth-order valence-corrected chi connectivity index (χ4v) is 1.35. The summed E-state index contributed by atoms with van der Waals surface area (Å²) in [6.07, 6.45) is 2.23. The summed E-state index contributed by atoms with van der Waals surface area (Å²) in [4.78, 5) is 10.5. The number of Topliss-reactive ketones (excluding diaryl/α,β-unsaturated/α-hetero) is 1. The molecule has 21 heavy (non-hydrogen) atoms. The summed E-state index contributed by atoms with van der Waals surface area (Å²) in [5, 5.41) is 17.9. The number of hydrogen-bond donors (Lipinski definition) is 2. The smallest absolute Gasteiger partial charge is 0.135 e. The first kappa shape index (κ1) is 25.5. The molecule has 0 aliphatic rings. The molecule has 0 rings (SSSR count). The average Bonchev–Trinajstić information content (AvgIpc) is 2.45. The van der Waals surface area contributed by atoms with Gasteiger partial charge in [-0.25, -0.2) is 0 Å². The first-order chi connectivity index (χ1) is 9.54. The fourth-order valence-electron chi connectivity index (χ4n) is 1.35. The van der Waals surface area contributed by atoms with Gasteiger partial charge in [-0.05, 0) is 24.7 Å². The third-order valence-corrected chi connectivity index (χ3v) is 3.37. The molecule has 0 fully saturated rings. The Hall–Kier alpha value is -0.410. The van der Waals surface area contributed by atoms with Crippen LogP contribution >= 0.6 is 0 Å². The molecule has 0 saturated carbocycles. The van der Waals surface area contributed by atoms with Gasteiger partial charge < -0.3 is 10.2 Å². The van der Waals surface area contributed by atoms with E-state index in [1.54, 1.807) is 0 Å². The lowest BCUT2D eigenvalue weighted by Gasteiger charge is -2.09. The Bertz CT molecular complexity index is 209. The molecule has 0 amide bonds. The molecule has 130 valence electrons. The molecule has 0 aromatic rings. The van der Waals surface area contributed by atoms with Crippen LogP contribution in [-0.4, -0.2) is 28.2 Å². The van der Waals surface area contributed by atoms with E-state index in [1.165, 1.54) is 0 Å². The number of ketones is 1. The molecule has 2 atom stereocenters. The molecule has 0 radical (unpaired) electrons. The monoisotopic (exact) mass is 304 g/mol.